The molecular formula is C13H18N2O2. The van der Waals surface area contributed by atoms with E-state index in [4.69, 9.17) is 0 Å². The molecule has 0 spiro atoms. The van der Waals surface area contributed by atoms with Gasteiger partial charge >= 0.3 is 0 Å². The third-order valence-electron chi connectivity index (χ3n) is 3.40. The second kappa shape index (κ2) is 5.17. The molecule has 1 aromatic rings. The quantitative estimate of drug-likeness (QED) is 0.867. The SMILES string of the molecule is CCN(CC1CCC1)C(=O)c1ccncc1O. The number of nitrogens with zero attached hydrogens (tertiary/aromatic N) is 2. The Balaban J connectivity index is 2.08. The third kappa shape index (κ3) is 2.57. The van der Waals surface area contributed by atoms with Gasteiger partial charge in [-0.25, -0.2) is 0 Å². The number of carbonyl (C=O) groups is 1. The van der Waals surface area contributed by atoms with E-state index in [2.05, 4.69) is 4.98 Å². The monoisotopic (exact) mass is 234 g/mol. The van der Waals surface area contributed by atoms with Crippen molar-refractivity contribution in [3.8, 4) is 5.75 Å². The van der Waals surface area contributed by atoms with Crippen molar-refractivity contribution in [2.75, 3.05) is 13.1 Å². The van der Waals surface area contributed by atoms with Gasteiger partial charge in [-0.2, -0.15) is 0 Å². The molecule has 1 fully saturated rings. The Morgan fingerprint density at radius 2 is 2.35 bits per heavy atom. The topological polar surface area (TPSA) is 53.4 Å². The first kappa shape index (κ1) is 11.9. The van der Waals surface area contributed by atoms with Gasteiger partial charge < -0.3 is 10.0 Å². The molecule has 1 heterocycles. The van der Waals surface area contributed by atoms with Gasteiger partial charge in [0.15, 0.2) is 0 Å². The minimum atomic E-state index is -0.0979. The highest BCUT2D eigenvalue weighted by Gasteiger charge is 2.24. The lowest BCUT2D eigenvalue weighted by Gasteiger charge is -2.31. The zero-order valence-corrected chi connectivity index (χ0v) is 10.1. The number of rotatable bonds is 4. The van der Waals surface area contributed by atoms with Crippen LogP contribution in [0.3, 0.4) is 0 Å². The Bertz CT molecular complexity index is 402. The molecule has 92 valence electrons. The van der Waals surface area contributed by atoms with E-state index in [0.29, 0.717) is 18.0 Å². The van der Waals surface area contributed by atoms with Gasteiger partial charge in [0.25, 0.3) is 5.91 Å². The van der Waals surface area contributed by atoms with E-state index in [1.54, 1.807) is 11.0 Å². The van der Waals surface area contributed by atoms with E-state index in [1.165, 1.54) is 31.7 Å². The van der Waals surface area contributed by atoms with Crippen molar-refractivity contribution in [2.24, 2.45) is 5.92 Å². The minimum Gasteiger partial charge on any atom is -0.505 e. The van der Waals surface area contributed by atoms with Gasteiger partial charge in [-0.3, -0.25) is 9.78 Å². The van der Waals surface area contributed by atoms with Crippen LogP contribution < -0.4 is 0 Å². The normalized spacial score (nSPS) is 15.4. The molecule has 1 aliphatic carbocycles. The molecule has 0 unspecified atom stereocenters. The molecule has 1 aromatic heterocycles. The molecule has 1 amide bonds. The highest BCUT2D eigenvalue weighted by molar-refractivity contribution is 5.96. The van der Waals surface area contributed by atoms with Crippen LogP contribution in [0, 0.1) is 5.92 Å². The summed E-state index contributed by atoms with van der Waals surface area (Å²) in [6.45, 7) is 3.45. The Morgan fingerprint density at radius 3 is 2.88 bits per heavy atom. The number of amides is 1. The van der Waals surface area contributed by atoms with E-state index >= 15 is 0 Å². The zero-order valence-electron chi connectivity index (χ0n) is 10.1. The summed E-state index contributed by atoms with van der Waals surface area (Å²) in [4.78, 5) is 17.8. The number of pyridine rings is 1. The lowest BCUT2D eigenvalue weighted by atomic mass is 9.85. The summed E-state index contributed by atoms with van der Waals surface area (Å²) in [5.74, 6) is 0.506. The molecule has 1 saturated carbocycles. The van der Waals surface area contributed by atoms with Crippen molar-refractivity contribution in [2.45, 2.75) is 26.2 Å². The maximum atomic E-state index is 12.2. The van der Waals surface area contributed by atoms with E-state index in [1.807, 2.05) is 6.92 Å². The molecule has 0 radical (unpaired) electrons. The van der Waals surface area contributed by atoms with Gasteiger partial charge in [0.05, 0.1) is 11.8 Å². The molecule has 0 atom stereocenters. The molecule has 1 N–H and O–H groups in total. The number of aromatic hydroxyl groups is 1. The molecule has 4 heteroatoms. The van der Waals surface area contributed by atoms with Crippen LogP contribution in [0.1, 0.15) is 36.5 Å². The summed E-state index contributed by atoms with van der Waals surface area (Å²) in [7, 11) is 0. The first-order valence-electron chi connectivity index (χ1n) is 6.14. The Kier molecular flexibility index (Phi) is 3.61. The molecule has 4 nitrogen and oxygen atoms in total. The average molecular weight is 234 g/mol. The van der Waals surface area contributed by atoms with Crippen molar-refractivity contribution in [3.05, 3.63) is 24.0 Å². The van der Waals surface area contributed by atoms with Crippen LogP contribution in [0.4, 0.5) is 0 Å². The number of hydrogen-bond acceptors (Lipinski definition) is 3. The Morgan fingerprint density at radius 1 is 1.59 bits per heavy atom. The highest BCUT2D eigenvalue weighted by Crippen LogP contribution is 2.28. The highest BCUT2D eigenvalue weighted by atomic mass is 16.3. The number of carbonyl (C=O) groups excluding carboxylic acids is 1. The number of hydrogen-bond donors (Lipinski definition) is 1. The van der Waals surface area contributed by atoms with Crippen molar-refractivity contribution in [3.63, 3.8) is 0 Å². The van der Waals surface area contributed by atoms with E-state index in [0.717, 1.165) is 6.54 Å². The van der Waals surface area contributed by atoms with Crippen molar-refractivity contribution < 1.29 is 9.90 Å². The summed E-state index contributed by atoms with van der Waals surface area (Å²) >= 11 is 0. The predicted octanol–water partition coefficient (Wildman–Crippen LogP) is 2.05. The first-order chi connectivity index (χ1) is 8.22. The van der Waals surface area contributed by atoms with Gasteiger partial charge in [-0.1, -0.05) is 6.42 Å². The van der Waals surface area contributed by atoms with Crippen molar-refractivity contribution in [1.82, 2.24) is 9.88 Å². The third-order valence-corrected chi connectivity index (χ3v) is 3.40. The number of aromatic nitrogens is 1. The van der Waals surface area contributed by atoms with Crippen LogP contribution in [0.2, 0.25) is 0 Å². The molecule has 2 rings (SSSR count). The lowest BCUT2D eigenvalue weighted by molar-refractivity contribution is 0.0703. The van der Waals surface area contributed by atoms with Crippen LogP contribution in [0.15, 0.2) is 18.5 Å². The second-order valence-electron chi connectivity index (χ2n) is 4.53. The molecule has 0 bridgehead atoms. The van der Waals surface area contributed by atoms with Gasteiger partial charge in [0, 0.05) is 19.3 Å². The van der Waals surface area contributed by atoms with Gasteiger partial charge in [0.2, 0.25) is 0 Å². The average Bonchev–Trinajstić information content (AvgIpc) is 2.28. The van der Waals surface area contributed by atoms with Gasteiger partial charge in [-0.15, -0.1) is 0 Å². The maximum absolute atomic E-state index is 12.2. The predicted molar refractivity (Wildman–Crippen MR) is 64.8 cm³/mol. The molecule has 17 heavy (non-hydrogen) atoms. The summed E-state index contributed by atoms with van der Waals surface area (Å²) in [5, 5.41) is 9.62. The fraction of sp³-hybridized carbons (Fsp3) is 0.538. The van der Waals surface area contributed by atoms with Crippen LogP contribution in [0.5, 0.6) is 5.75 Å². The van der Waals surface area contributed by atoms with Crippen LogP contribution >= 0.6 is 0 Å². The summed E-state index contributed by atoms with van der Waals surface area (Å²) in [6.07, 6.45) is 6.55. The van der Waals surface area contributed by atoms with Crippen LogP contribution in [-0.2, 0) is 0 Å². The molecule has 0 saturated heterocycles. The molecule has 0 aliphatic heterocycles. The lowest BCUT2D eigenvalue weighted by Crippen LogP contribution is -2.37. The van der Waals surface area contributed by atoms with E-state index in [9.17, 15) is 9.90 Å². The molecule has 1 aliphatic rings. The van der Waals surface area contributed by atoms with Crippen LogP contribution in [0.25, 0.3) is 0 Å². The van der Waals surface area contributed by atoms with Gasteiger partial charge in [-0.05, 0) is 31.7 Å². The Labute approximate surface area is 101 Å². The summed E-state index contributed by atoms with van der Waals surface area (Å²) in [5.41, 5.74) is 0.348. The molecular weight excluding hydrogens is 216 g/mol. The van der Waals surface area contributed by atoms with Crippen LogP contribution in [-0.4, -0.2) is 34.0 Å². The largest absolute Gasteiger partial charge is 0.505 e. The Hall–Kier alpha value is -1.58. The van der Waals surface area contributed by atoms with Crippen molar-refractivity contribution in [1.29, 1.82) is 0 Å². The molecule has 0 aromatic carbocycles. The maximum Gasteiger partial charge on any atom is 0.257 e. The summed E-state index contributed by atoms with van der Waals surface area (Å²) < 4.78 is 0. The van der Waals surface area contributed by atoms with E-state index in [-0.39, 0.29) is 11.7 Å². The fourth-order valence-corrected chi connectivity index (χ4v) is 2.08. The van der Waals surface area contributed by atoms with Crippen molar-refractivity contribution >= 4 is 5.91 Å². The minimum absolute atomic E-state index is 0.0374. The first-order valence-corrected chi connectivity index (χ1v) is 6.14. The second-order valence-corrected chi connectivity index (χ2v) is 4.53. The smallest absolute Gasteiger partial charge is 0.257 e. The standard InChI is InChI=1S/C13H18N2O2/c1-2-15(9-10-4-3-5-10)13(17)11-6-7-14-8-12(11)16/h6-8,10,16H,2-5,9H2,1H3. The fourth-order valence-electron chi connectivity index (χ4n) is 2.08. The van der Waals surface area contributed by atoms with E-state index < -0.39 is 0 Å². The zero-order chi connectivity index (χ0) is 12.3. The van der Waals surface area contributed by atoms with Gasteiger partial charge in [0.1, 0.15) is 5.75 Å². The summed E-state index contributed by atoms with van der Waals surface area (Å²) in [6, 6.07) is 1.57.